The average Bonchev–Trinajstić information content (AvgIpc) is 2.43. The van der Waals surface area contributed by atoms with Crippen molar-refractivity contribution < 1.29 is 9.47 Å². The smallest absolute Gasteiger partial charge is 0.0736 e. The van der Waals surface area contributed by atoms with Gasteiger partial charge in [0.1, 0.15) is 0 Å². The van der Waals surface area contributed by atoms with Gasteiger partial charge >= 0.3 is 0 Å². The van der Waals surface area contributed by atoms with Crippen molar-refractivity contribution in [1.82, 2.24) is 4.90 Å². The summed E-state index contributed by atoms with van der Waals surface area (Å²) in [6.07, 6.45) is 3.92. The van der Waals surface area contributed by atoms with E-state index in [9.17, 15) is 0 Å². The van der Waals surface area contributed by atoms with Crippen molar-refractivity contribution in [1.29, 1.82) is 0 Å². The number of nitrogens with two attached hydrogens (primary N) is 1. The van der Waals surface area contributed by atoms with Gasteiger partial charge in [0, 0.05) is 26.8 Å². The molecular formula is C14H30N2O2. The Labute approximate surface area is 112 Å². The SMILES string of the molecule is CCCOC1CCCN(C(C)(CN)C(C)OC)C1. The highest BCUT2D eigenvalue weighted by Crippen LogP contribution is 2.26. The van der Waals surface area contributed by atoms with E-state index in [-0.39, 0.29) is 11.6 Å². The Kier molecular flexibility index (Phi) is 6.57. The minimum atomic E-state index is -0.0943. The second kappa shape index (κ2) is 7.43. The van der Waals surface area contributed by atoms with E-state index >= 15 is 0 Å². The predicted octanol–water partition coefficient (Wildman–Crippen LogP) is 1.63. The standard InChI is InChI=1S/C14H30N2O2/c1-5-9-18-13-7-6-8-16(10-13)14(3,11-15)12(2)17-4/h12-13H,5-11,15H2,1-4H3. The van der Waals surface area contributed by atoms with E-state index in [1.165, 1.54) is 12.8 Å². The minimum Gasteiger partial charge on any atom is -0.380 e. The molecule has 1 fully saturated rings. The third-order valence-electron chi connectivity index (χ3n) is 4.30. The third kappa shape index (κ3) is 3.67. The van der Waals surface area contributed by atoms with E-state index in [0.29, 0.717) is 12.6 Å². The second-order valence-corrected chi connectivity index (χ2v) is 5.52. The van der Waals surface area contributed by atoms with Crippen LogP contribution >= 0.6 is 0 Å². The summed E-state index contributed by atoms with van der Waals surface area (Å²) in [5.74, 6) is 0. The van der Waals surface area contributed by atoms with Crippen LogP contribution in [0.25, 0.3) is 0 Å². The number of methoxy groups -OCH3 is 1. The highest BCUT2D eigenvalue weighted by Gasteiger charge is 2.39. The lowest BCUT2D eigenvalue weighted by atomic mass is 9.90. The van der Waals surface area contributed by atoms with E-state index in [4.69, 9.17) is 15.2 Å². The Morgan fingerprint density at radius 1 is 1.50 bits per heavy atom. The quantitative estimate of drug-likeness (QED) is 0.754. The van der Waals surface area contributed by atoms with Crippen molar-refractivity contribution in [2.24, 2.45) is 5.73 Å². The van der Waals surface area contributed by atoms with Crippen molar-refractivity contribution in [3.8, 4) is 0 Å². The zero-order valence-corrected chi connectivity index (χ0v) is 12.4. The van der Waals surface area contributed by atoms with Gasteiger partial charge in [0.05, 0.1) is 17.7 Å². The van der Waals surface area contributed by atoms with Crippen LogP contribution in [0.2, 0.25) is 0 Å². The van der Waals surface area contributed by atoms with Crippen LogP contribution < -0.4 is 5.73 Å². The van der Waals surface area contributed by atoms with Crippen molar-refractivity contribution in [3.63, 3.8) is 0 Å². The maximum Gasteiger partial charge on any atom is 0.0736 e. The summed E-state index contributed by atoms with van der Waals surface area (Å²) in [5.41, 5.74) is 5.90. The fourth-order valence-electron chi connectivity index (χ4n) is 2.63. The molecule has 2 N–H and O–H groups in total. The van der Waals surface area contributed by atoms with Crippen molar-refractivity contribution >= 4 is 0 Å². The first kappa shape index (κ1) is 15.9. The van der Waals surface area contributed by atoms with Crippen LogP contribution in [0.15, 0.2) is 0 Å². The maximum atomic E-state index is 6.00. The molecule has 1 heterocycles. The van der Waals surface area contributed by atoms with Gasteiger partial charge in [-0.15, -0.1) is 0 Å². The van der Waals surface area contributed by atoms with Crippen molar-refractivity contribution in [2.45, 2.75) is 57.8 Å². The number of likely N-dealkylation sites (tertiary alicyclic amines) is 1. The van der Waals surface area contributed by atoms with Crippen LogP contribution in [-0.2, 0) is 9.47 Å². The molecule has 3 atom stereocenters. The number of hydrogen-bond donors (Lipinski definition) is 1. The van der Waals surface area contributed by atoms with Gasteiger partial charge in [0.15, 0.2) is 0 Å². The van der Waals surface area contributed by atoms with Crippen molar-refractivity contribution in [2.75, 3.05) is 33.4 Å². The number of rotatable bonds is 7. The predicted molar refractivity (Wildman–Crippen MR) is 74.8 cm³/mol. The topological polar surface area (TPSA) is 47.7 Å². The summed E-state index contributed by atoms with van der Waals surface area (Å²) >= 11 is 0. The highest BCUT2D eigenvalue weighted by atomic mass is 16.5. The summed E-state index contributed by atoms with van der Waals surface area (Å²) in [4.78, 5) is 2.45. The summed E-state index contributed by atoms with van der Waals surface area (Å²) in [6.45, 7) is 9.99. The normalized spacial score (nSPS) is 26.8. The molecule has 18 heavy (non-hydrogen) atoms. The third-order valence-corrected chi connectivity index (χ3v) is 4.30. The summed E-state index contributed by atoms with van der Waals surface area (Å²) in [6, 6.07) is 0. The molecule has 0 aromatic heterocycles. The second-order valence-electron chi connectivity index (χ2n) is 5.52. The zero-order valence-electron chi connectivity index (χ0n) is 12.4. The van der Waals surface area contributed by atoms with Gasteiger partial charge in [0.25, 0.3) is 0 Å². The van der Waals surface area contributed by atoms with Gasteiger partial charge in [-0.1, -0.05) is 6.92 Å². The molecule has 4 heteroatoms. The van der Waals surface area contributed by atoms with E-state index in [2.05, 4.69) is 25.7 Å². The zero-order chi connectivity index (χ0) is 13.6. The summed E-state index contributed by atoms with van der Waals surface area (Å²) < 4.78 is 11.4. The Morgan fingerprint density at radius 2 is 2.22 bits per heavy atom. The Hall–Kier alpha value is -0.160. The minimum absolute atomic E-state index is 0.0943. The first-order chi connectivity index (χ1) is 8.58. The monoisotopic (exact) mass is 258 g/mol. The fraction of sp³-hybridized carbons (Fsp3) is 1.00. The Balaban J connectivity index is 2.62. The number of piperidine rings is 1. The molecular weight excluding hydrogens is 228 g/mol. The molecule has 0 radical (unpaired) electrons. The summed E-state index contributed by atoms with van der Waals surface area (Å²) in [5, 5.41) is 0. The summed E-state index contributed by atoms with van der Waals surface area (Å²) in [7, 11) is 1.76. The van der Waals surface area contributed by atoms with Crippen LogP contribution in [0.4, 0.5) is 0 Å². The molecule has 1 saturated heterocycles. The molecule has 0 aromatic rings. The van der Waals surface area contributed by atoms with Crippen molar-refractivity contribution in [3.05, 3.63) is 0 Å². The van der Waals surface area contributed by atoms with E-state index < -0.39 is 0 Å². The number of hydrogen-bond acceptors (Lipinski definition) is 4. The molecule has 0 amide bonds. The lowest BCUT2D eigenvalue weighted by Crippen LogP contribution is -2.62. The largest absolute Gasteiger partial charge is 0.380 e. The first-order valence-electron chi connectivity index (χ1n) is 7.18. The molecule has 0 aromatic carbocycles. The molecule has 0 bridgehead atoms. The van der Waals surface area contributed by atoms with E-state index in [0.717, 1.165) is 26.1 Å². The molecule has 0 saturated carbocycles. The van der Waals surface area contributed by atoms with Crippen LogP contribution in [-0.4, -0.2) is 56.0 Å². The van der Waals surface area contributed by atoms with Crippen LogP contribution in [0.3, 0.4) is 0 Å². The fourth-order valence-corrected chi connectivity index (χ4v) is 2.63. The molecule has 0 aliphatic carbocycles. The van der Waals surface area contributed by atoms with Gasteiger partial charge in [-0.3, -0.25) is 4.90 Å². The van der Waals surface area contributed by atoms with Gasteiger partial charge in [-0.05, 0) is 39.7 Å². The van der Waals surface area contributed by atoms with Gasteiger partial charge in [-0.2, -0.15) is 0 Å². The Bertz CT molecular complexity index is 238. The van der Waals surface area contributed by atoms with Crippen LogP contribution in [0.5, 0.6) is 0 Å². The molecule has 4 nitrogen and oxygen atoms in total. The van der Waals surface area contributed by atoms with E-state index in [1.807, 2.05) is 0 Å². The maximum absolute atomic E-state index is 6.00. The molecule has 3 unspecified atom stereocenters. The molecule has 1 aliphatic heterocycles. The highest BCUT2D eigenvalue weighted by molar-refractivity contribution is 4.95. The first-order valence-corrected chi connectivity index (χ1v) is 7.18. The Morgan fingerprint density at radius 3 is 2.78 bits per heavy atom. The molecule has 1 aliphatic rings. The molecule has 1 rings (SSSR count). The van der Waals surface area contributed by atoms with Gasteiger partial charge in [0.2, 0.25) is 0 Å². The lowest BCUT2D eigenvalue weighted by Gasteiger charge is -2.47. The van der Waals surface area contributed by atoms with Gasteiger partial charge in [-0.25, -0.2) is 0 Å². The van der Waals surface area contributed by atoms with Gasteiger partial charge < -0.3 is 15.2 Å². The molecule has 108 valence electrons. The molecule has 0 spiro atoms. The van der Waals surface area contributed by atoms with Crippen LogP contribution in [0, 0.1) is 0 Å². The van der Waals surface area contributed by atoms with E-state index in [1.54, 1.807) is 7.11 Å². The number of nitrogens with zero attached hydrogens (tertiary/aromatic N) is 1. The number of ether oxygens (including phenoxy) is 2. The van der Waals surface area contributed by atoms with Crippen LogP contribution in [0.1, 0.15) is 40.0 Å². The average molecular weight is 258 g/mol. The lowest BCUT2D eigenvalue weighted by molar-refractivity contribution is -0.0774.